The fourth-order valence-electron chi connectivity index (χ4n) is 3.63. The molecule has 1 aliphatic rings. The third-order valence-electron chi connectivity index (χ3n) is 5.40. The Morgan fingerprint density at radius 2 is 1.97 bits per heavy atom. The van der Waals surface area contributed by atoms with Crippen molar-refractivity contribution in [2.75, 3.05) is 40.6 Å². The van der Waals surface area contributed by atoms with Gasteiger partial charge in [-0.15, -0.1) is 0 Å². The van der Waals surface area contributed by atoms with Gasteiger partial charge >= 0.3 is 0 Å². The van der Waals surface area contributed by atoms with Crippen molar-refractivity contribution < 1.29 is 18.9 Å². The van der Waals surface area contributed by atoms with Crippen LogP contribution in [0.1, 0.15) is 30.0 Å². The Hall–Kier alpha value is -2.93. The van der Waals surface area contributed by atoms with E-state index in [4.69, 9.17) is 23.9 Å². The van der Waals surface area contributed by atoms with Crippen molar-refractivity contribution in [3.63, 3.8) is 0 Å². The van der Waals surface area contributed by atoms with Gasteiger partial charge in [0, 0.05) is 36.7 Å². The third-order valence-corrected chi connectivity index (χ3v) is 5.40. The molecule has 7 nitrogen and oxygen atoms in total. The van der Waals surface area contributed by atoms with Crippen molar-refractivity contribution >= 4 is 5.96 Å². The molecular weight excluding hydrogens is 406 g/mol. The maximum absolute atomic E-state index is 6.17. The minimum Gasteiger partial charge on any atom is -0.493 e. The van der Waals surface area contributed by atoms with Crippen molar-refractivity contribution in [2.24, 2.45) is 10.9 Å². The van der Waals surface area contributed by atoms with Crippen molar-refractivity contribution in [1.29, 1.82) is 0 Å². The van der Waals surface area contributed by atoms with Crippen molar-refractivity contribution in [2.45, 2.75) is 33.4 Å². The number of ether oxygens (including phenoxy) is 4. The first-order valence-electron chi connectivity index (χ1n) is 11.2. The van der Waals surface area contributed by atoms with Crippen LogP contribution in [0.25, 0.3) is 0 Å². The second-order valence-electron chi connectivity index (χ2n) is 7.85. The van der Waals surface area contributed by atoms with Crippen molar-refractivity contribution in [1.82, 2.24) is 10.6 Å². The third kappa shape index (κ3) is 6.53. The highest BCUT2D eigenvalue weighted by molar-refractivity contribution is 5.79. The summed E-state index contributed by atoms with van der Waals surface area (Å²) in [6, 6.07) is 12.1. The predicted molar refractivity (Wildman–Crippen MR) is 127 cm³/mol. The van der Waals surface area contributed by atoms with E-state index < -0.39 is 0 Å². The first-order chi connectivity index (χ1) is 15.6. The molecule has 0 saturated carbocycles. The van der Waals surface area contributed by atoms with Crippen LogP contribution in [0.4, 0.5) is 0 Å². The standard InChI is InChI=1S/C25H35N3O4/c1-5-26-25(28-15-21-7-6-8-22(29-3)24(21)30-4)27-14-20-10-9-18(2)13-23(20)32-17-19-11-12-31-16-19/h6-10,13,19H,5,11-12,14-17H2,1-4H3,(H2,26,27,28). The second-order valence-corrected chi connectivity index (χ2v) is 7.85. The van der Waals surface area contributed by atoms with E-state index >= 15 is 0 Å². The molecule has 1 fully saturated rings. The lowest BCUT2D eigenvalue weighted by molar-refractivity contribution is 0.166. The minimum absolute atomic E-state index is 0.466. The summed E-state index contributed by atoms with van der Waals surface area (Å²) >= 11 is 0. The van der Waals surface area contributed by atoms with Gasteiger partial charge in [0.15, 0.2) is 17.5 Å². The summed E-state index contributed by atoms with van der Waals surface area (Å²) < 4.78 is 22.6. The Morgan fingerprint density at radius 1 is 1.09 bits per heavy atom. The van der Waals surface area contributed by atoms with Gasteiger partial charge in [-0.05, 0) is 38.0 Å². The molecule has 0 aliphatic carbocycles. The average molecular weight is 442 g/mol. The zero-order valence-electron chi connectivity index (χ0n) is 19.6. The van der Waals surface area contributed by atoms with Gasteiger partial charge in [0.2, 0.25) is 0 Å². The number of hydrogen-bond acceptors (Lipinski definition) is 5. The highest BCUT2D eigenvalue weighted by Gasteiger charge is 2.17. The maximum Gasteiger partial charge on any atom is 0.191 e. The lowest BCUT2D eigenvalue weighted by Crippen LogP contribution is -2.36. The number of para-hydroxylation sites is 1. The largest absolute Gasteiger partial charge is 0.493 e. The summed E-state index contributed by atoms with van der Waals surface area (Å²) in [6.07, 6.45) is 1.06. The Balaban J connectivity index is 1.68. The molecule has 0 radical (unpaired) electrons. The molecular formula is C25H35N3O4. The summed E-state index contributed by atoms with van der Waals surface area (Å²) in [7, 11) is 3.28. The highest BCUT2D eigenvalue weighted by atomic mass is 16.5. The van der Waals surface area contributed by atoms with Crippen LogP contribution in [0.15, 0.2) is 41.4 Å². The van der Waals surface area contributed by atoms with E-state index in [-0.39, 0.29) is 0 Å². The normalized spacial score (nSPS) is 16.0. The Bertz CT molecular complexity index is 895. The van der Waals surface area contributed by atoms with Crippen LogP contribution in [0, 0.1) is 12.8 Å². The molecule has 1 atom stereocenters. The van der Waals surface area contributed by atoms with Crippen LogP contribution in [-0.2, 0) is 17.8 Å². The van der Waals surface area contributed by atoms with E-state index in [2.05, 4.69) is 35.8 Å². The van der Waals surface area contributed by atoms with Gasteiger partial charge in [0.1, 0.15) is 5.75 Å². The molecule has 1 aliphatic heterocycles. The SMILES string of the molecule is CCNC(=NCc1cccc(OC)c1OC)NCc1ccc(C)cc1OCC1CCOC1. The van der Waals surface area contributed by atoms with Crippen molar-refractivity contribution in [3.8, 4) is 17.2 Å². The number of rotatable bonds is 10. The van der Waals surface area contributed by atoms with E-state index in [0.29, 0.717) is 37.1 Å². The number of benzene rings is 2. The predicted octanol–water partition coefficient (Wildman–Crippen LogP) is 3.68. The van der Waals surface area contributed by atoms with Crippen LogP contribution < -0.4 is 24.8 Å². The molecule has 1 unspecified atom stereocenters. The molecule has 0 amide bonds. The summed E-state index contributed by atoms with van der Waals surface area (Å²) in [4.78, 5) is 4.74. The van der Waals surface area contributed by atoms with E-state index in [1.165, 1.54) is 5.56 Å². The Morgan fingerprint density at radius 3 is 2.69 bits per heavy atom. The molecule has 0 aromatic heterocycles. The van der Waals surface area contributed by atoms with Gasteiger partial charge in [0.05, 0.1) is 34.0 Å². The molecule has 7 heteroatoms. The molecule has 174 valence electrons. The van der Waals surface area contributed by atoms with E-state index in [0.717, 1.165) is 49.0 Å². The van der Waals surface area contributed by atoms with Gasteiger partial charge in [0.25, 0.3) is 0 Å². The average Bonchev–Trinajstić information content (AvgIpc) is 3.33. The van der Waals surface area contributed by atoms with Gasteiger partial charge < -0.3 is 29.6 Å². The highest BCUT2D eigenvalue weighted by Crippen LogP contribution is 2.31. The molecule has 2 N–H and O–H groups in total. The molecule has 0 spiro atoms. The van der Waals surface area contributed by atoms with Gasteiger partial charge in [-0.3, -0.25) is 0 Å². The smallest absolute Gasteiger partial charge is 0.191 e. The maximum atomic E-state index is 6.17. The first kappa shape index (κ1) is 23.7. The summed E-state index contributed by atoms with van der Waals surface area (Å²) in [5.74, 6) is 3.52. The monoisotopic (exact) mass is 441 g/mol. The lowest BCUT2D eigenvalue weighted by atomic mass is 10.1. The first-order valence-corrected chi connectivity index (χ1v) is 11.2. The number of nitrogens with zero attached hydrogens (tertiary/aromatic N) is 1. The number of methoxy groups -OCH3 is 2. The molecule has 1 heterocycles. The topological polar surface area (TPSA) is 73.3 Å². The van der Waals surface area contributed by atoms with Crippen LogP contribution in [-0.4, -0.2) is 46.5 Å². The van der Waals surface area contributed by atoms with E-state index in [1.54, 1.807) is 14.2 Å². The molecule has 3 rings (SSSR count). The zero-order valence-corrected chi connectivity index (χ0v) is 19.6. The molecule has 32 heavy (non-hydrogen) atoms. The number of nitrogens with one attached hydrogen (secondary N) is 2. The zero-order chi connectivity index (χ0) is 22.8. The molecule has 2 aromatic rings. The number of aryl methyl sites for hydroxylation is 1. The fourth-order valence-corrected chi connectivity index (χ4v) is 3.63. The number of guanidine groups is 1. The fraction of sp³-hybridized carbons (Fsp3) is 0.480. The van der Waals surface area contributed by atoms with Gasteiger partial charge in [-0.1, -0.05) is 24.3 Å². The van der Waals surface area contributed by atoms with Crippen LogP contribution in [0.3, 0.4) is 0 Å². The van der Waals surface area contributed by atoms with Gasteiger partial charge in [-0.2, -0.15) is 0 Å². The quantitative estimate of drug-likeness (QED) is 0.433. The number of hydrogen-bond donors (Lipinski definition) is 2. The van der Waals surface area contributed by atoms with E-state index in [1.807, 2.05) is 25.1 Å². The Labute approximate surface area is 191 Å². The lowest BCUT2D eigenvalue weighted by Gasteiger charge is -2.17. The summed E-state index contributed by atoms with van der Waals surface area (Å²) in [5, 5.41) is 6.73. The minimum atomic E-state index is 0.466. The van der Waals surface area contributed by atoms with Crippen LogP contribution >= 0.6 is 0 Å². The van der Waals surface area contributed by atoms with E-state index in [9.17, 15) is 0 Å². The van der Waals surface area contributed by atoms with Crippen LogP contribution in [0.5, 0.6) is 17.2 Å². The van der Waals surface area contributed by atoms with Gasteiger partial charge in [-0.25, -0.2) is 4.99 Å². The van der Waals surface area contributed by atoms with Crippen molar-refractivity contribution in [3.05, 3.63) is 53.1 Å². The van der Waals surface area contributed by atoms with Crippen LogP contribution in [0.2, 0.25) is 0 Å². The Kier molecular flexibility index (Phi) is 9.04. The molecule has 0 bridgehead atoms. The summed E-state index contributed by atoms with van der Waals surface area (Å²) in [5.41, 5.74) is 3.23. The molecule has 2 aromatic carbocycles. The molecule has 1 saturated heterocycles. The summed E-state index contributed by atoms with van der Waals surface area (Å²) in [6.45, 7) is 8.26. The number of aliphatic imine (C=N–C) groups is 1. The second kappa shape index (κ2) is 12.2.